The highest BCUT2D eigenvalue weighted by molar-refractivity contribution is 6.31. The molecule has 0 amide bonds. The molecule has 2 aromatic rings. The van der Waals surface area contributed by atoms with Crippen molar-refractivity contribution in [2.24, 2.45) is 0 Å². The summed E-state index contributed by atoms with van der Waals surface area (Å²) in [5, 5.41) is 1.07. The molecule has 0 saturated heterocycles. The minimum Gasteiger partial charge on any atom is -0.297 e. The van der Waals surface area contributed by atoms with Gasteiger partial charge in [-0.05, 0) is 36.2 Å². The lowest BCUT2D eigenvalue weighted by molar-refractivity contribution is 1.16. The first-order valence-electron chi connectivity index (χ1n) is 3.93. The van der Waals surface area contributed by atoms with E-state index in [1.54, 1.807) is 12.1 Å². The number of nitrogens with zero attached hydrogens (tertiary/aromatic N) is 1. The van der Waals surface area contributed by atoms with Crippen molar-refractivity contribution in [1.29, 1.82) is 0 Å². The average Bonchev–Trinajstić information content (AvgIpc) is 2.07. The third kappa shape index (κ3) is 1.49. The number of H-pyrrole nitrogens is 1. The normalized spacial score (nSPS) is 10.8. The van der Waals surface area contributed by atoms with Crippen LogP contribution in [0, 0.1) is 6.92 Å². The Bertz CT molecular complexity index is 562. The van der Waals surface area contributed by atoms with Crippen LogP contribution in [0.1, 0.15) is 5.56 Å². The maximum atomic E-state index is 11.5. The third-order valence-corrected chi connectivity index (χ3v) is 2.33. The van der Waals surface area contributed by atoms with E-state index in [9.17, 15) is 4.79 Å². The number of benzene rings is 1. The maximum absolute atomic E-state index is 11.5. The van der Waals surface area contributed by atoms with Crippen molar-refractivity contribution < 1.29 is 0 Å². The lowest BCUT2D eigenvalue weighted by Gasteiger charge is -2.01. The van der Waals surface area contributed by atoms with E-state index in [4.69, 9.17) is 23.2 Å². The molecule has 2 rings (SSSR count). The van der Waals surface area contributed by atoms with Gasteiger partial charge in [-0.3, -0.25) is 9.78 Å². The van der Waals surface area contributed by atoms with Crippen molar-refractivity contribution in [2.75, 3.05) is 0 Å². The fraction of sp³-hybridized carbons (Fsp3) is 0.111. The van der Waals surface area contributed by atoms with Crippen molar-refractivity contribution >= 4 is 34.1 Å². The van der Waals surface area contributed by atoms with E-state index in [1.807, 2.05) is 6.92 Å². The molecule has 72 valence electrons. The number of aromatic nitrogens is 2. The van der Waals surface area contributed by atoms with E-state index in [-0.39, 0.29) is 10.8 Å². The minimum atomic E-state index is -0.273. The number of halogens is 2. The van der Waals surface area contributed by atoms with Gasteiger partial charge in [-0.15, -0.1) is 0 Å². The van der Waals surface area contributed by atoms with E-state index >= 15 is 0 Å². The smallest absolute Gasteiger partial charge is 0.259 e. The summed E-state index contributed by atoms with van der Waals surface area (Å²) < 4.78 is 0. The molecule has 0 aliphatic carbocycles. The predicted molar refractivity (Wildman–Crippen MR) is 57.1 cm³/mol. The number of fused-ring (bicyclic) bond motifs is 1. The van der Waals surface area contributed by atoms with Crippen LogP contribution in [0.4, 0.5) is 0 Å². The maximum Gasteiger partial charge on any atom is 0.259 e. The van der Waals surface area contributed by atoms with Crippen molar-refractivity contribution in [1.82, 2.24) is 9.97 Å². The highest BCUT2D eigenvalue weighted by Crippen LogP contribution is 2.19. The van der Waals surface area contributed by atoms with Gasteiger partial charge < -0.3 is 0 Å². The van der Waals surface area contributed by atoms with Gasteiger partial charge in [0.2, 0.25) is 5.28 Å². The molecule has 0 aliphatic heterocycles. The lowest BCUT2D eigenvalue weighted by atomic mass is 10.1. The average molecular weight is 229 g/mol. The summed E-state index contributed by atoms with van der Waals surface area (Å²) in [6.45, 7) is 1.83. The van der Waals surface area contributed by atoms with Gasteiger partial charge in [-0.1, -0.05) is 11.6 Å². The molecule has 0 aliphatic rings. The highest BCUT2D eigenvalue weighted by Gasteiger charge is 2.06. The first-order valence-corrected chi connectivity index (χ1v) is 4.69. The van der Waals surface area contributed by atoms with Crippen molar-refractivity contribution in [3.63, 3.8) is 0 Å². The first-order chi connectivity index (χ1) is 6.58. The molecular formula is C9H6Cl2N2O. The molecule has 1 aromatic carbocycles. The Hall–Kier alpha value is -1.06. The van der Waals surface area contributed by atoms with Crippen LogP contribution >= 0.6 is 23.2 Å². The minimum absolute atomic E-state index is 0.0907. The van der Waals surface area contributed by atoms with Crippen molar-refractivity contribution in [3.8, 4) is 0 Å². The predicted octanol–water partition coefficient (Wildman–Crippen LogP) is 2.54. The second-order valence-electron chi connectivity index (χ2n) is 2.98. The second-order valence-corrected chi connectivity index (χ2v) is 3.77. The summed E-state index contributed by atoms with van der Waals surface area (Å²) in [7, 11) is 0. The van der Waals surface area contributed by atoms with Crippen LogP contribution in [0.3, 0.4) is 0 Å². The number of nitrogens with one attached hydrogen (secondary N) is 1. The van der Waals surface area contributed by atoms with Gasteiger partial charge in [0.25, 0.3) is 5.56 Å². The topological polar surface area (TPSA) is 45.8 Å². The molecule has 0 unspecified atom stereocenters. The summed E-state index contributed by atoms with van der Waals surface area (Å²) in [6.07, 6.45) is 0. The Morgan fingerprint density at radius 3 is 2.79 bits per heavy atom. The van der Waals surface area contributed by atoms with Gasteiger partial charge in [-0.25, -0.2) is 4.98 Å². The quantitative estimate of drug-likeness (QED) is 0.705. The van der Waals surface area contributed by atoms with Crippen LogP contribution in [0.15, 0.2) is 16.9 Å². The summed E-state index contributed by atoms with van der Waals surface area (Å²) in [4.78, 5) is 17.9. The summed E-state index contributed by atoms with van der Waals surface area (Å²) in [6, 6.07) is 3.32. The van der Waals surface area contributed by atoms with E-state index in [0.717, 1.165) is 5.56 Å². The molecule has 0 radical (unpaired) electrons. The van der Waals surface area contributed by atoms with Gasteiger partial charge in [0.05, 0.1) is 10.9 Å². The third-order valence-electron chi connectivity index (χ3n) is 1.94. The van der Waals surface area contributed by atoms with E-state index in [2.05, 4.69) is 9.97 Å². The van der Waals surface area contributed by atoms with Crippen LogP contribution in [-0.4, -0.2) is 9.97 Å². The Labute approximate surface area is 89.7 Å². The summed E-state index contributed by atoms with van der Waals surface area (Å²) in [5.74, 6) is 0. The SMILES string of the molecule is Cc1cc(Cl)cc2c(=O)[nH]c(Cl)nc12. The van der Waals surface area contributed by atoms with Crippen LogP contribution in [0.5, 0.6) is 0 Å². The number of rotatable bonds is 0. The molecule has 1 N–H and O–H groups in total. The second kappa shape index (κ2) is 3.26. The van der Waals surface area contributed by atoms with Crippen LogP contribution in [0.2, 0.25) is 10.3 Å². The van der Waals surface area contributed by atoms with Gasteiger partial charge >= 0.3 is 0 Å². The molecule has 3 nitrogen and oxygen atoms in total. The van der Waals surface area contributed by atoms with Crippen LogP contribution in [0.25, 0.3) is 10.9 Å². The zero-order valence-electron chi connectivity index (χ0n) is 7.27. The number of hydrogen-bond acceptors (Lipinski definition) is 2. The van der Waals surface area contributed by atoms with E-state index in [1.165, 1.54) is 0 Å². The number of aromatic amines is 1. The fourth-order valence-electron chi connectivity index (χ4n) is 1.34. The van der Waals surface area contributed by atoms with Gasteiger partial charge in [0.15, 0.2) is 0 Å². The molecule has 0 fully saturated rings. The van der Waals surface area contributed by atoms with Crippen molar-refractivity contribution in [2.45, 2.75) is 6.92 Å². The molecule has 0 bridgehead atoms. The summed E-state index contributed by atoms with van der Waals surface area (Å²) in [5.41, 5.74) is 1.15. The zero-order valence-corrected chi connectivity index (χ0v) is 8.78. The van der Waals surface area contributed by atoms with Crippen LogP contribution in [-0.2, 0) is 0 Å². The molecule has 0 spiro atoms. The standard InChI is InChI=1S/C9H6Cl2N2O/c1-4-2-5(10)3-6-7(4)12-9(11)13-8(6)14/h2-3H,1H3,(H,12,13,14). The number of aryl methyl sites for hydroxylation is 1. The first kappa shape index (κ1) is 9.49. The van der Waals surface area contributed by atoms with Crippen LogP contribution < -0.4 is 5.56 Å². The van der Waals surface area contributed by atoms with Crippen molar-refractivity contribution in [3.05, 3.63) is 38.4 Å². The molecular weight excluding hydrogens is 223 g/mol. The molecule has 14 heavy (non-hydrogen) atoms. The Morgan fingerprint density at radius 1 is 1.36 bits per heavy atom. The Morgan fingerprint density at radius 2 is 2.07 bits per heavy atom. The monoisotopic (exact) mass is 228 g/mol. The molecule has 0 atom stereocenters. The van der Waals surface area contributed by atoms with Gasteiger partial charge in [0, 0.05) is 5.02 Å². The molecule has 1 aromatic heterocycles. The summed E-state index contributed by atoms with van der Waals surface area (Å²) >= 11 is 11.5. The molecule has 0 saturated carbocycles. The van der Waals surface area contributed by atoms with E-state index in [0.29, 0.717) is 15.9 Å². The van der Waals surface area contributed by atoms with E-state index < -0.39 is 0 Å². The fourth-order valence-corrected chi connectivity index (χ4v) is 1.79. The number of hydrogen-bond donors (Lipinski definition) is 1. The zero-order chi connectivity index (χ0) is 10.3. The molecule has 1 heterocycles. The lowest BCUT2D eigenvalue weighted by Crippen LogP contribution is -2.08. The Balaban J connectivity index is 3.02. The Kier molecular flexibility index (Phi) is 2.21. The largest absolute Gasteiger partial charge is 0.297 e. The van der Waals surface area contributed by atoms with Gasteiger partial charge in [0.1, 0.15) is 0 Å². The van der Waals surface area contributed by atoms with Gasteiger partial charge in [-0.2, -0.15) is 0 Å². The highest BCUT2D eigenvalue weighted by atomic mass is 35.5. The molecule has 5 heteroatoms.